The maximum atomic E-state index is 10.5. The minimum absolute atomic E-state index is 0.564. The summed E-state index contributed by atoms with van der Waals surface area (Å²) >= 11 is 0. The first-order valence-corrected chi connectivity index (χ1v) is 16.3. The van der Waals surface area contributed by atoms with Crippen molar-refractivity contribution in [2.45, 2.75) is 0 Å². The van der Waals surface area contributed by atoms with Gasteiger partial charge in [0.1, 0.15) is 0 Å². The van der Waals surface area contributed by atoms with Crippen LogP contribution in [0.25, 0.3) is 77.2 Å². The van der Waals surface area contributed by atoms with Gasteiger partial charge in [-0.05, 0) is 77.9 Å². The van der Waals surface area contributed by atoms with E-state index in [0.717, 1.165) is 66.5 Å². The maximum absolute atomic E-state index is 10.5. The van der Waals surface area contributed by atoms with E-state index in [1.165, 1.54) is 10.8 Å². The zero-order chi connectivity index (χ0) is 33.8. The van der Waals surface area contributed by atoms with E-state index in [9.17, 15) is 15.8 Å². The van der Waals surface area contributed by atoms with E-state index in [0.29, 0.717) is 16.7 Å². The van der Waals surface area contributed by atoms with E-state index >= 15 is 0 Å². The molecule has 50 heavy (non-hydrogen) atoms. The summed E-state index contributed by atoms with van der Waals surface area (Å²) in [5, 5.41) is 34.1. The Kier molecular flexibility index (Phi) is 6.56. The molecule has 0 atom stereocenters. The molecule has 0 aliphatic rings. The molecule has 230 valence electrons. The highest BCUT2D eigenvalue weighted by Gasteiger charge is 2.18. The van der Waals surface area contributed by atoms with Gasteiger partial charge in [0, 0.05) is 38.4 Å². The Labute approximate surface area is 287 Å². The molecule has 0 bridgehead atoms. The Balaban J connectivity index is 1.19. The smallest absolute Gasteiger partial charge is 0.0998 e. The van der Waals surface area contributed by atoms with Crippen LogP contribution in [0.5, 0.6) is 0 Å². The average Bonchev–Trinajstić information content (AvgIpc) is 3.69. The minimum atomic E-state index is 0.564. The van der Waals surface area contributed by atoms with Gasteiger partial charge in [0.25, 0.3) is 0 Å². The molecule has 2 aromatic heterocycles. The quantitative estimate of drug-likeness (QED) is 0.193. The van der Waals surface area contributed by atoms with Crippen molar-refractivity contribution in [3.63, 3.8) is 0 Å². The normalized spacial score (nSPS) is 11.1. The fourth-order valence-corrected chi connectivity index (χ4v) is 7.39. The summed E-state index contributed by atoms with van der Waals surface area (Å²) in [6.07, 6.45) is 0. The molecule has 9 rings (SSSR count). The molecule has 0 N–H and O–H groups in total. The van der Waals surface area contributed by atoms with Gasteiger partial charge in [0.15, 0.2) is 0 Å². The number of rotatable bonds is 4. The van der Waals surface area contributed by atoms with Crippen LogP contribution < -0.4 is 0 Å². The number of nitrogens with zero attached hydrogens (tertiary/aromatic N) is 5. The molecule has 0 aliphatic carbocycles. The molecule has 0 saturated heterocycles. The standard InChI is InChI=1S/C45H25N5/c46-26-29-17-21-44-40(22-29)39-19-16-30(27-47)23-45(39)49(44)34-9-7-8-31(25-34)32-18-20-35(33(24-32)28-48)36-10-1-4-13-41(36)50-42-14-5-2-11-37(42)38-12-3-6-15-43(38)50/h1-25H. The second kappa shape index (κ2) is 11.4. The van der Waals surface area contributed by atoms with E-state index in [2.05, 4.69) is 106 Å². The Morgan fingerprint density at radius 1 is 0.380 bits per heavy atom. The van der Waals surface area contributed by atoms with Gasteiger partial charge in [-0.1, -0.05) is 84.9 Å². The van der Waals surface area contributed by atoms with E-state index in [1.807, 2.05) is 72.8 Å². The molecule has 0 aliphatic heterocycles. The Morgan fingerprint density at radius 3 is 1.78 bits per heavy atom. The number of hydrogen-bond acceptors (Lipinski definition) is 3. The van der Waals surface area contributed by atoms with Crippen LogP contribution in [-0.2, 0) is 0 Å². The summed E-state index contributed by atoms with van der Waals surface area (Å²) in [4.78, 5) is 0. The molecule has 5 heteroatoms. The lowest BCUT2D eigenvalue weighted by Gasteiger charge is -2.16. The molecule has 0 saturated carbocycles. The van der Waals surface area contributed by atoms with E-state index in [1.54, 1.807) is 0 Å². The van der Waals surface area contributed by atoms with E-state index in [4.69, 9.17) is 0 Å². The monoisotopic (exact) mass is 635 g/mol. The highest BCUT2D eigenvalue weighted by molar-refractivity contribution is 6.11. The third kappa shape index (κ3) is 4.38. The highest BCUT2D eigenvalue weighted by Crippen LogP contribution is 2.39. The van der Waals surface area contributed by atoms with Crippen LogP contribution in [0.3, 0.4) is 0 Å². The van der Waals surface area contributed by atoms with Crippen LogP contribution in [0.1, 0.15) is 16.7 Å². The molecule has 0 amide bonds. The second-order valence-electron chi connectivity index (χ2n) is 12.3. The summed E-state index contributed by atoms with van der Waals surface area (Å²) in [5.41, 5.74) is 11.5. The minimum Gasteiger partial charge on any atom is -0.309 e. The molecule has 0 unspecified atom stereocenters. The van der Waals surface area contributed by atoms with Gasteiger partial charge >= 0.3 is 0 Å². The Bertz CT molecular complexity index is 2920. The first-order chi connectivity index (χ1) is 24.7. The van der Waals surface area contributed by atoms with Crippen molar-refractivity contribution < 1.29 is 0 Å². The van der Waals surface area contributed by atoms with Gasteiger partial charge in [-0.3, -0.25) is 0 Å². The van der Waals surface area contributed by atoms with E-state index in [-0.39, 0.29) is 0 Å². The summed E-state index contributed by atoms with van der Waals surface area (Å²) in [7, 11) is 0. The summed E-state index contributed by atoms with van der Waals surface area (Å²) in [6, 6.07) is 57.8. The van der Waals surface area contributed by atoms with Crippen LogP contribution >= 0.6 is 0 Å². The van der Waals surface area contributed by atoms with Gasteiger partial charge in [-0.2, -0.15) is 15.8 Å². The molecule has 7 aromatic carbocycles. The Morgan fingerprint density at radius 2 is 1.02 bits per heavy atom. The largest absolute Gasteiger partial charge is 0.309 e. The number of nitriles is 3. The second-order valence-corrected chi connectivity index (χ2v) is 12.3. The molecule has 9 aromatic rings. The summed E-state index contributed by atoms with van der Waals surface area (Å²) < 4.78 is 4.43. The van der Waals surface area contributed by atoms with E-state index < -0.39 is 0 Å². The fourth-order valence-electron chi connectivity index (χ4n) is 7.39. The SMILES string of the molecule is N#Cc1ccc2c(c1)c1ccc(C#N)cc1n2-c1cccc(-c2ccc(-c3ccccc3-n3c4ccccc4c4ccccc43)c(C#N)c2)c1. The van der Waals surface area contributed by atoms with Crippen molar-refractivity contribution in [2.24, 2.45) is 0 Å². The molecule has 0 fully saturated rings. The lowest BCUT2D eigenvalue weighted by Crippen LogP contribution is -1.98. The van der Waals surface area contributed by atoms with Crippen molar-refractivity contribution in [3.8, 4) is 51.8 Å². The summed E-state index contributed by atoms with van der Waals surface area (Å²) in [6.45, 7) is 0. The van der Waals surface area contributed by atoms with Crippen molar-refractivity contribution in [1.82, 2.24) is 9.13 Å². The predicted molar refractivity (Wildman–Crippen MR) is 200 cm³/mol. The fraction of sp³-hybridized carbons (Fsp3) is 0. The molecule has 2 heterocycles. The first-order valence-electron chi connectivity index (χ1n) is 16.3. The number of benzene rings is 7. The topological polar surface area (TPSA) is 81.2 Å². The predicted octanol–water partition coefficient (Wildman–Crippen LogP) is 10.8. The average molecular weight is 636 g/mol. The molecule has 0 radical (unpaired) electrons. The maximum Gasteiger partial charge on any atom is 0.0998 e. The molecule has 5 nitrogen and oxygen atoms in total. The zero-order valence-electron chi connectivity index (χ0n) is 26.7. The number of para-hydroxylation sites is 3. The molecule has 0 spiro atoms. The molecular formula is C45H25N5. The number of hydrogen-bond donors (Lipinski definition) is 0. The highest BCUT2D eigenvalue weighted by atomic mass is 15.0. The van der Waals surface area contributed by atoms with Gasteiger partial charge < -0.3 is 9.13 Å². The first kappa shape index (κ1) is 28.8. The lowest BCUT2D eigenvalue weighted by atomic mass is 9.94. The van der Waals surface area contributed by atoms with Crippen LogP contribution in [-0.4, -0.2) is 9.13 Å². The lowest BCUT2D eigenvalue weighted by molar-refractivity contribution is 1.18. The van der Waals surface area contributed by atoms with Crippen molar-refractivity contribution >= 4 is 43.6 Å². The number of fused-ring (bicyclic) bond motifs is 6. The van der Waals surface area contributed by atoms with Crippen LogP contribution in [0, 0.1) is 34.0 Å². The molecular weight excluding hydrogens is 611 g/mol. The van der Waals surface area contributed by atoms with Gasteiger partial charge in [-0.25, -0.2) is 0 Å². The van der Waals surface area contributed by atoms with Crippen molar-refractivity contribution in [2.75, 3.05) is 0 Å². The van der Waals surface area contributed by atoms with Crippen LogP contribution in [0.4, 0.5) is 0 Å². The van der Waals surface area contributed by atoms with Gasteiger partial charge in [-0.15, -0.1) is 0 Å². The van der Waals surface area contributed by atoms with Crippen LogP contribution in [0.15, 0.2) is 152 Å². The number of aromatic nitrogens is 2. The summed E-state index contributed by atoms with van der Waals surface area (Å²) in [5.74, 6) is 0. The Hall–Kier alpha value is -7.39. The van der Waals surface area contributed by atoms with Gasteiger partial charge in [0.2, 0.25) is 0 Å². The van der Waals surface area contributed by atoms with Gasteiger partial charge in [0.05, 0.1) is 62.7 Å². The van der Waals surface area contributed by atoms with Crippen molar-refractivity contribution in [1.29, 1.82) is 15.8 Å². The van der Waals surface area contributed by atoms with Crippen LogP contribution in [0.2, 0.25) is 0 Å². The third-order valence-electron chi connectivity index (χ3n) is 9.62. The van der Waals surface area contributed by atoms with Crippen molar-refractivity contribution in [3.05, 3.63) is 168 Å². The zero-order valence-corrected chi connectivity index (χ0v) is 26.7. The third-order valence-corrected chi connectivity index (χ3v) is 9.62.